The van der Waals surface area contributed by atoms with Gasteiger partial charge in [0.15, 0.2) is 0 Å². The Kier molecular flexibility index (Phi) is 7.73. The van der Waals surface area contributed by atoms with E-state index in [4.69, 9.17) is 10.5 Å². The number of carbonyl (C=O) groups is 1. The summed E-state index contributed by atoms with van der Waals surface area (Å²) in [5.74, 6) is 1.10. The molecule has 11 heteroatoms. The molecule has 5 N–H and O–H groups in total. The van der Waals surface area contributed by atoms with Crippen LogP contribution in [0.25, 0.3) is 0 Å². The molecule has 3 rings (SSSR count). The van der Waals surface area contributed by atoms with Crippen LogP contribution in [0.15, 0.2) is 30.6 Å². The van der Waals surface area contributed by atoms with Gasteiger partial charge >= 0.3 is 12.2 Å². The van der Waals surface area contributed by atoms with Crippen molar-refractivity contribution in [3.05, 3.63) is 41.7 Å². The number of benzene rings is 1. The molecule has 0 bridgehead atoms. The van der Waals surface area contributed by atoms with Crippen LogP contribution in [0.4, 0.5) is 29.5 Å². The van der Waals surface area contributed by atoms with E-state index in [1.54, 1.807) is 6.07 Å². The number of nitrogens with two attached hydrogens (primary N) is 1. The Bertz CT molecular complexity index is 917. The van der Waals surface area contributed by atoms with Crippen LogP contribution in [0, 0.1) is 6.92 Å². The first-order valence-electron chi connectivity index (χ1n) is 10.4. The topological polar surface area (TPSA) is 114 Å². The van der Waals surface area contributed by atoms with Gasteiger partial charge in [-0.15, -0.1) is 0 Å². The molecule has 1 aromatic carbocycles. The van der Waals surface area contributed by atoms with Crippen LogP contribution in [0.1, 0.15) is 36.8 Å². The predicted octanol–water partition coefficient (Wildman–Crippen LogP) is 3.69. The summed E-state index contributed by atoms with van der Waals surface area (Å²) >= 11 is 0. The van der Waals surface area contributed by atoms with Crippen LogP contribution >= 0.6 is 0 Å². The quantitative estimate of drug-likeness (QED) is 0.510. The van der Waals surface area contributed by atoms with E-state index in [1.807, 2.05) is 0 Å². The molecule has 1 aliphatic carbocycles. The molecule has 1 heterocycles. The number of amides is 2. The number of hydrogen-bond acceptors (Lipinski definition) is 6. The molecule has 2 aromatic rings. The zero-order valence-corrected chi connectivity index (χ0v) is 17.7. The smallest absolute Gasteiger partial charge is 0.416 e. The normalized spacial score (nSPS) is 18.7. The Morgan fingerprint density at radius 1 is 1.19 bits per heavy atom. The summed E-state index contributed by atoms with van der Waals surface area (Å²) in [5, 5.41) is 8.37. The molecule has 8 nitrogen and oxygen atoms in total. The number of aromatic nitrogens is 2. The number of nitrogens with zero attached hydrogens (tertiary/aromatic N) is 2. The van der Waals surface area contributed by atoms with Gasteiger partial charge < -0.3 is 26.4 Å². The molecule has 1 aliphatic rings. The third kappa shape index (κ3) is 6.71. The lowest BCUT2D eigenvalue weighted by molar-refractivity contribution is -0.138. The van der Waals surface area contributed by atoms with Gasteiger partial charge in [-0.3, -0.25) is 0 Å². The Morgan fingerprint density at radius 3 is 2.62 bits per heavy atom. The third-order valence-corrected chi connectivity index (χ3v) is 5.19. The fraction of sp³-hybridized carbons (Fsp3) is 0.476. The lowest BCUT2D eigenvalue weighted by Crippen LogP contribution is -2.41. The van der Waals surface area contributed by atoms with Crippen LogP contribution < -0.4 is 26.4 Å². The summed E-state index contributed by atoms with van der Waals surface area (Å²) in [7, 11) is 0. The lowest BCUT2D eigenvalue weighted by Gasteiger charge is -2.29. The predicted molar refractivity (Wildman–Crippen MR) is 115 cm³/mol. The minimum atomic E-state index is -4.47. The number of carbonyl (C=O) groups excluding carboxylic acids is 1. The van der Waals surface area contributed by atoms with Crippen LogP contribution in [0.2, 0.25) is 0 Å². The van der Waals surface area contributed by atoms with Gasteiger partial charge in [0.05, 0.1) is 5.56 Å². The number of alkyl halides is 3. The third-order valence-electron chi connectivity index (χ3n) is 5.19. The monoisotopic (exact) mass is 452 g/mol. The second-order valence-electron chi connectivity index (χ2n) is 7.67. The maximum absolute atomic E-state index is 13.1. The highest BCUT2D eigenvalue weighted by molar-refractivity contribution is 5.89. The Hall–Kier alpha value is -3.08. The van der Waals surface area contributed by atoms with Gasteiger partial charge in [-0.05, 0) is 50.3 Å². The number of nitrogens with one attached hydrogen (secondary N) is 3. The zero-order chi connectivity index (χ0) is 23.1. The number of aryl methyl sites for hydroxylation is 1. The molecule has 1 aromatic heterocycles. The number of urea groups is 1. The van der Waals surface area contributed by atoms with Crippen molar-refractivity contribution in [3.8, 4) is 5.88 Å². The molecule has 174 valence electrons. The summed E-state index contributed by atoms with van der Waals surface area (Å²) in [6, 6.07) is 4.83. The van der Waals surface area contributed by atoms with Gasteiger partial charge in [0, 0.05) is 30.9 Å². The van der Waals surface area contributed by atoms with Crippen LogP contribution in [0.5, 0.6) is 5.88 Å². The summed E-state index contributed by atoms with van der Waals surface area (Å²) in [4.78, 5) is 20.5. The first kappa shape index (κ1) is 23.6. The number of rotatable bonds is 7. The SMILES string of the molecule is Cc1ccc(NC(=O)N[C@H]2CC[C@H](Oc3cc(NCCN)ncn3)CC2)cc1C(F)(F)F. The number of hydrogen-bond donors (Lipinski definition) is 4. The molecule has 0 spiro atoms. The van der Waals surface area contributed by atoms with Crippen molar-refractivity contribution in [1.29, 1.82) is 0 Å². The van der Waals surface area contributed by atoms with E-state index in [9.17, 15) is 18.0 Å². The maximum atomic E-state index is 13.1. The molecule has 0 radical (unpaired) electrons. The van der Waals surface area contributed by atoms with E-state index in [0.717, 1.165) is 6.07 Å². The van der Waals surface area contributed by atoms with Crippen molar-refractivity contribution in [1.82, 2.24) is 15.3 Å². The van der Waals surface area contributed by atoms with E-state index in [1.165, 1.54) is 25.4 Å². The van der Waals surface area contributed by atoms with Gasteiger partial charge in [-0.25, -0.2) is 14.8 Å². The van der Waals surface area contributed by atoms with Gasteiger partial charge in [-0.2, -0.15) is 13.2 Å². The standard InChI is InChI=1S/C21H27F3N6O2/c1-13-2-3-15(10-17(13)21(22,23)24)30-20(31)29-14-4-6-16(7-5-14)32-19-11-18(26-9-8-25)27-12-28-19/h2-3,10-12,14,16H,4-9,25H2,1H3,(H,26,27,28)(H2,29,30,31)/t14-,16-. The first-order chi connectivity index (χ1) is 15.2. The highest BCUT2D eigenvalue weighted by Gasteiger charge is 2.32. The molecule has 0 saturated heterocycles. The molecule has 1 saturated carbocycles. The van der Waals surface area contributed by atoms with Crippen molar-refractivity contribution in [3.63, 3.8) is 0 Å². The number of anilines is 2. The van der Waals surface area contributed by atoms with Gasteiger partial charge in [0.1, 0.15) is 18.2 Å². The van der Waals surface area contributed by atoms with E-state index in [2.05, 4.69) is 25.9 Å². The number of halogens is 3. The Morgan fingerprint density at radius 2 is 1.94 bits per heavy atom. The maximum Gasteiger partial charge on any atom is 0.416 e. The molecule has 0 unspecified atom stereocenters. The summed E-state index contributed by atoms with van der Waals surface area (Å²) in [5.41, 5.74) is 4.90. The van der Waals surface area contributed by atoms with Crippen molar-refractivity contribution in [2.75, 3.05) is 23.7 Å². The van der Waals surface area contributed by atoms with Crippen LogP contribution in [-0.2, 0) is 6.18 Å². The van der Waals surface area contributed by atoms with Crippen molar-refractivity contribution in [2.45, 2.75) is 50.9 Å². The lowest BCUT2D eigenvalue weighted by atomic mass is 9.93. The molecular weight excluding hydrogens is 425 g/mol. The fourth-order valence-corrected chi connectivity index (χ4v) is 3.55. The van der Waals surface area contributed by atoms with E-state index >= 15 is 0 Å². The average molecular weight is 452 g/mol. The second kappa shape index (κ2) is 10.5. The molecule has 32 heavy (non-hydrogen) atoms. The molecule has 0 aliphatic heterocycles. The van der Waals surface area contributed by atoms with Gasteiger partial charge in [-0.1, -0.05) is 6.07 Å². The molecule has 0 atom stereocenters. The summed E-state index contributed by atoms with van der Waals surface area (Å²) in [6.45, 7) is 2.46. The zero-order valence-electron chi connectivity index (χ0n) is 17.7. The molecule has 1 fully saturated rings. The van der Waals surface area contributed by atoms with Gasteiger partial charge in [0.25, 0.3) is 0 Å². The van der Waals surface area contributed by atoms with Crippen molar-refractivity contribution < 1.29 is 22.7 Å². The Labute approximate surface area is 184 Å². The van der Waals surface area contributed by atoms with Crippen molar-refractivity contribution >= 4 is 17.5 Å². The summed E-state index contributed by atoms with van der Waals surface area (Å²) in [6.07, 6.45) is -0.304. The Balaban J connectivity index is 1.46. The molecular formula is C21H27F3N6O2. The minimum absolute atomic E-state index is 0.0418. The van der Waals surface area contributed by atoms with Gasteiger partial charge in [0.2, 0.25) is 5.88 Å². The fourth-order valence-electron chi connectivity index (χ4n) is 3.55. The van der Waals surface area contributed by atoms with Crippen LogP contribution in [-0.4, -0.2) is 41.2 Å². The van der Waals surface area contributed by atoms with E-state index < -0.39 is 17.8 Å². The van der Waals surface area contributed by atoms with Crippen LogP contribution in [0.3, 0.4) is 0 Å². The van der Waals surface area contributed by atoms with E-state index in [-0.39, 0.29) is 23.4 Å². The minimum Gasteiger partial charge on any atom is -0.474 e. The number of ether oxygens (including phenoxy) is 1. The summed E-state index contributed by atoms with van der Waals surface area (Å²) < 4.78 is 45.1. The highest BCUT2D eigenvalue weighted by atomic mass is 19.4. The first-order valence-corrected chi connectivity index (χ1v) is 10.4. The van der Waals surface area contributed by atoms with Crippen molar-refractivity contribution in [2.24, 2.45) is 5.73 Å². The highest BCUT2D eigenvalue weighted by Crippen LogP contribution is 2.33. The largest absolute Gasteiger partial charge is 0.474 e. The van der Waals surface area contributed by atoms with E-state index in [0.29, 0.717) is 50.5 Å². The second-order valence-corrected chi connectivity index (χ2v) is 7.67. The average Bonchev–Trinajstić information content (AvgIpc) is 2.74. The molecule has 2 amide bonds.